The first-order chi connectivity index (χ1) is 4.79. The Morgan fingerprint density at radius 1 is 1.64 bits per heavy atom. The van der Waals surface area contributed by atoms with E-state index < -0.39 is 5.97 Å². The molecule has 0 spiro atoms. The summed E-state index contributed by atoms with van der Waals surface area (Å²) in [7, 11) is 0. The van der Waals surface area contributed by atoms with Gasteiger partial charge >= 0.3 is 5.97 Å². The monoisotopic (exact) mass is 210 g/mol. The number of carboxylic acid groups (broad SMARTS) is 1. The molecular formula is C7H6FeO2S. The van der Waals surface area contributed by atoms with Gasteiger partial charge < -0.3 is 5.11 Å². The third-order valence-electron chi connectivity index (χ3n) is 0.933. The molecule has 0 fully saturated rings. The van der Waals surface area contributed by atoms with Crippen LogP contribution in [-0.2, 0) is 21.9 Å². The zero-order chi connectivity index (χ0) is 7.40. The average Bonchev–Trinajstić information content (AvgIpc) is 2.34. The number of hydrogen-bond acceptors (Lipinski definition) is 2. The van der Waals surface area contributed by atoms with E-state index in [2.05, 4.69) is 0 Å². The van der Waals surface area contributed by atoms with Crippen molar-refractivity contribution in [3.05, 3.63) is 28.5 Å². The van der Waals surface area contributed by atoms with Crippen LogP contribution in [0.4, 0.5) is 0 Å². The fourth-order valence-corrected chi connectivity index (χ4v) is 1.16. The summed E-state index contributed by atoms with van der Waals surface area (Å²) in [5.41, 5.74) is 0. The maximum Gasteiger partial charge on any atom is 0.328 e. The fourth-order valence-electron chi connectivity index (χ4n) is 0.540. The summed E-state index contributed by atoms with van der Waals surface area (Å²) in [6, 6.07) is 3.75. The molecule has 60 valence electrons. The van der Waals surface area contributed by atoms with Gasteiger partial charge in [-0.1, -0.05) is 6.07 Å². The van der Waals surface area contributed by atoms with E-state index in [0.717, 1.165) is 11.0 Å². The van der Waals surface area contributed by atoms with Crippen LogP contribution in [0.3, 0.4) is 0 Å². The Labute approximate surface area is 79.0 Å². The summed E-state index contributed by atoms with van der Waals surface area (Å²) in [5.74, 6) is -0.909. The van der Waals surface area contributed by atoms with Crippen molar-refractivity contribution in [3.8, 4) is 0 Å². The fraction of sp³-hybridized carbons (Fsp3) is 0. The van der Waals surface area contributed by atoms with Gasteiger partial charge in [0.25, 0.3) is 0 Å². The van der Waals surface area contributed by atoms with Crippen LogP contribution < -0.4 is 0 Å². The minimum atomic E-state index is -0.909. The van der Waals surface area contributed by atoms with Crippen LogP contribution in [0, 0.1) is 0 Å². The standard InChI is InChI=1S/C7H6O2S.Fe/c8-7(9)4-3-6-2-1-5-10-6;/h1-5H,(H,8,9);. The number of aliphatic carboxylic acids is 1. The molecule has 1 aromatic heterocycles. The van der Waals surface area contributed by atoms with Crippen LogP contribution in [0.15, 0.2) is 23.6 Å². The Bertz CT molecular complexity index is 241. The maximum absolute atomic E-state index is 10.0. The quantitative estimate of drug-likeness (QED) is 0.597. The number of thiophene rings is 1. The summed E-state index contributed by atoms with van der Waals surface area (Å²) in [4.78, 5) is 11.0. The second kappa shape index (κ2) is 5.13. The first kappa shape index (κ1) is 10.4. The van der Waals surface area contributed by atoms with Crippen LogP contribution >= 0.6 is 11.3 Å². The Morgan fingerprint density at radius 2 is 2.36 bits per heavy atom. The zero-order valence-electron chi connectivity index (χ0n) is 5.50. The normalized spacial score (nSPS) is 9.45. The van der Waals surface area contributed by atoms with Crippen LogP contribution in [0.1, 0.15) is 4.88 Å². The Morgan fingerprint density at radius 3 is 2.82 bits per heavy atom. The number of hydrogen-bond donors (Lipinski definition) is 1. The molecule has 0 unspecified atom stereocenters. The van der Waals surface area contributed by atoms with E-state index in [-0.39, 0.29) is 17.1 Å². The van der Waals surface area contributed by atoms with Gasteiger partial charge in [-0.05, 0) is 17.5 Å². The van der Waals surface area contributed by atoms with Gasteiger partial charge in [-0.2, -0.15) is 0 Å². The summed E-state index contributed by atoms with van der Waals surface area (Å²) < 4.78 is 0. The van der Waals surface area contributed by atoms with Crippen molar-refractivity contribution in [1.82, 2.24) is 0 Å². The van der Waals surface area contributed by atoms with Crippen LogP contribution in [0.25, 0.3) is 6.08 Å². The molecule has 1 aromatic rings. The zero-order valence-corrected chi connectivity index (χ0v) is 7.42. The molecular weight excluding hydrogens is 204 g/mol. The maximum atomic E-state index is 10.0. The summed E-state index contributed by atoms with van der Waals surface area (Å²) >= 11 is 1.51. The van der Waals surface area contributed by atoms with Crippen molar-refractivity contribution in [3.63, 3.8) is 0 Å². The van der Waals surface area contributed by atoms with E-state index in [1.165, 1.54) is 11.3 Å². The van der Waals surface area contributed by atoms with E-state index in [9.17, 15) is 4.79 Å². The molecule has 0 atom stereocenters. The van der Waals surface area contributed by atoms with E-state index in [1.807, 2.05) is 17.5 Å². The number of carbonyl (C=O) groups is 1. The third-order valence-corrected chi connectivity index (χ3v) is 1.77. The van der Waals surface area contributed by atoms with Gasteiger partial charge in [0.15, 0.2) is 0 Å². The largest absolute Gasteiger partial charge is 0.478 e. The molecule has 0 aliphatic heterocycles. The van der Waals surface area contributed by atoms with Gasteiger partial charge in [0, 0.05) is 28.0 Å². The van der Waals surface area contributed by atoms with E-state index in [0.29, 0.717) is 0 Å². The molecule has 1 N–H and O–H groups in total. The molecule has 4 heteroatoms. The number of rotatable bonds is 2. The van der Waals surface area contributed by atoms with Crippen LogP contribution in [0.5, 0.6) is 0 Å². The second-order valence-electron chi connectivity index (χ2n) is 1.69. The summed E-state index contributed by atoms with van der Waals surface area (Å²) in [5, 5.41) is 10.1. The van der Waals surface area contributed by atoms with Crippen LogP contribution in [0.2, 0.25) is 0 Å². The van der Waals surface area contributed by atoms with Gasteiger partial charge in [0.1, 0.15) is 0 Å². The van der Waals surface area contributed by atoms with Gasteiger partial charge in [-0.3, -0.25) is 0 Å². The Hall–Kier alpha value is -0.571. The summed E-state index contributed by atoms with van der Waals surface area (Å²) in [6.45, 7) is 0. The first-order valence-electron chi connectivity index (χ1n) is 2.73. The summed E-state index contributed by atoms with van der Waals surface area (Å²) in [6.07, 6.45) is 2.71. The van der Waals surface area contributed by atoms with Crippen molar-refractivity contribution in [1.29, 1.82) is 0 Å². The van der Waals surface area contributed by atoms with Crippen molar-refractivity contribution < 1.29 is 27.0 Å². The topological polar surface area (TPSA) is 37.3 Å². The van der Waals surface area contributed by atoms with Crippen molar-refractivity contribution in [2.75, 3.05) is 0 Å². The van der Waals surface area contributed by atoms with E-state index >= 15 is 0 Å². The molecule has 0 aliphatic rings. The average molecular weight is 210 g/mol. The smallest absolute Gasteiger partial charge is 0.328 e. The van der Waals surface area contributed by atoms with Crippen molar-refractivity contribution in [2.45, 2.75) is 0 Å². The minimum Gasteiger partial charge on any atom is -0.478 e. The molecule has 2 nitrogen and oxygen atoms in total. The SMILES string of the molecule is O=C(O)C=Cc1cccs1.[Fe]. The molecule has 0 amide bonds. The predicted molar refractivity (Wildman–Crippen MR) is 41.0 cm³/mol. The van der Waals surface area contributed by atoms with E-state index in [4.69, 9.17) is 5.11 Å². The third kappa shape index (κ3) is 3.98. The Kier molecular flexibility index (Phi) is 4.86. The molecule has 1 heterocycles. The second-order valence-corrected chi connectivity index (χ2v) is 2.67. The molecule has 0 saturated carbocycles. The minimum absolute atomic E-state index is 0. The molecule has 11 heavy (non-hydrogen) atoms. The van der Waals surface area contributed by atoms with Crippen LogP contribution in [-0.4, -0.2) is 11.1 Å². The molecule has 1 rings (SSSR count). The van der Waals surface area contributed by atoms with Gasteiger partial charge in [-0.25, -0.2) is 4.79 Å². The van der Waals surface area contributed by atoms with E-state index in [1.54, 1.807) is 6.08 Å². The Balaban J connectivity index is 0.000001000. The van der Waals surface area contributed by atoms with Gasteiger partial charge in [-0.15, -0.1) is 11.3 Å². The van der Waals surface area contributed by atoms with Gasteiger partial charge in [0.05, 0.1) is 0 Å². The van der Waals surface area contributed by atoms with Gasteiger partial charge in [0.2, 0.25) is 0 Å². The predicted octanol–water partition coefficient (Wildman–Crippen LogP) is 1.84. The number of carboxylic acids is 1. The molecule has 0 radical (unpaired) electrons. The molecule has 0 bridgehead atoms. The molecule has 0 aromatic carbocycles. The van der Waals surface area contributed by atoms with Crippen molar-refractivity contribution >= 4 is 23.4 Å². The van der Waals surface area contributed by atoms with Crippen molar-refractivity contribution in [2.24, 2.45) is 0 Å². The molecule has 0 aliphatic carbocycles. The molecule has 0 saturated heterocycles. The first-order valence-corrected chi connectivity index (χ1v) is 3.61.